The molecule has 1 saturated carbocycles. The molecule has 7 rings (SSSR count). The molecule has 0 amide bonds. The van der Waals surface area contributed by atoms with E-state index in [9.17, 15) is 14.4 Å². The van der Waals surface area contributed by atoms with E-state index in [-0.39, 0.29) is 39.3 Å². The fourth-order valence-electron chi connectivity index (χ4n) is 6.53. The molecule has 60 heavy (non-hydrogen) atoms. The van der Waals surface area contributed by atoms with Gasteiger partial charge in [-0.05, 0) is 117 Å². The van der Waals surface area contributed by atoms with E-state index in [1.807, 2.05) is 72.8 Å². The third-order valence-electron chi connectivity index (χ3n) is 9.47. The summed E-state index contributed by atoms with van der Waals surface area (Å²) >= 11 is 0. The number of ether oxygens (including phenoxy) is 4. The highest BCUT2D eigenvalue weighted by Gasteiger charge is 2.30. The highest BCUT2D eigenvalue weighted by Crippen LogP contribution is 2.33. The van der Waals surface area contributed by atoms with Gasteiger partial charge in [0.05, 0.1) is 27.7 Å². The predicted octanol–water partition coefficient (Wildman–Crippen LogP) is 11.1. The van der Waals surface area contributed by atoms with Crippen molar-refractivity contribution in [2.45, 2.75) is 68.4 Å². The molecule has 0 bridgehead atoms. The zero-order valence-electron chi connectivity index (χ0n) is 33.8. The van der Waals surface area contributed by atoms with Gasteiger partial charge < -0.3 is 18.9 Å². The highest BCUT2D eigenvalue weighted by atomic mass is 32.2. The van der Waals surface area contributed by atoms with E-state index >= 15 is 0 Å². The summed E-state index contributed by atoms with van der Waals surface area (Å²) in [5.74, 6) is -0.0446. The molecule has 0 aromatic heterocycles. The van der Waals surface area contributed by atoms with Crippen LogP contribution in [0.25, 0.3) is 0 Å². The third-order valence-corrected chi connectivity index (χ3v) is 13.9. The molecule has 1 fully saturated rings. The van der Waals surface area contributed by atoms with Crippen molar-refractivity contribution in [3.05, 3.63) is 182 Å². The molecule has 6 aromatic rings. The SMILES string of the molecule is C=C(C)C(=O)OCC(=O)Oc1ccc([S+](c2ccccc2)c2ccccc2)cc1.O=C(OCCOc1ccc([S+](c2ccccc2)c2ccccc2)cc1)C1CCCCC1. The van der Waals surface area contributed by atoms with Gasteiger partial charge in [-0.3, -0.25) is 4.79 Å². The summed E-state index contributed by atoms with van der Waals surface area (Å²) in [6, 6.07) is 57.4. The smallest absolute Gasteiger partial charge is 0.349 e. The maximum atomic E-state index is 12.1. The van der Waals surface area contributed by atoms with Crippen LogP contribution in [0.5, 0.6) is 11.5 Å². The van der Waals surface area contributed by atoms with Crippen LogP contribution in [-0.2, 0) is 45.6 Å². The molecule has 7 nitrogen and oxygen atoms in total. The van der Waals surface area contributed by atoms with Gasteiger partial charge in [0.15, 0.2) is 36.0 Å². The first-order chi connectivity index (χ1) is 29.4. The van der Waals surface area contributed by atoms with Crippen molar-refractivity contribution >= 4 is 39.7 Å². The Hall–Kier alpha value is -6.03. The average molecular weight is 839 g/mol. The van der Waals surface area contributed by atoms with Crippen LogP contribution in [0.15, 0.2) is 211 Å². The monoisotopic (exact) mass is 838 g/mol. The van der Waals surface area contributed by atoms with Crippen molar-refractivity contribution in [3.63, 3.8) is 0 Å². The van der Waals surface area contributed by atoms with Crippen LogP contribution in [0.4, 0.5) is 0 Å². The van der Waals surface area contributed by atoms with Gasteiger partial charge in [-0.1, -0.05) is 98.6 Å². The number of carbonyl (C=O) groups is 3. The Kier molecular flexibility index (Phi) is 16.6. The van der Waals surface area contributed by atoms with Gasteiger partial charge >= 0.3 is 17.9 Å². The molecule has 0 heterocycles. The quantitative estimate of drug-likeness (QED) is 0.0335. The van der Waals surface area contributed by atoms with Gasteiger partial charge in [-0.15, -0.1) is 0 Å². The van der Waals surface area contributed by atoms with Crippen molar-refractivity contribution in [2.24, 2.45) is 5.92 Å². The molecule has 0 N–H and O–H groups in total. The van der Waals surface area contributed by atoms with E-state index in [4.69, 9.17) is 18.9 Å². The van der Waals surface area contributed by atoms with E-state index in [2.05, 4.69) is 91.5 Å². The number of hydrogen-bond donors (Lipinski definition) is 0. The van der Waals surface area contributed by atoms with E-state index in [1.54, 1.807) is 12.1 Å². The average Bonchev–Trinajstić information content (AvgIpc) is 3.30. The summed E-state index contributed by atoms with van der Waals surface area (Å²) in [5.41, 5.74) is 0.232. The lowest BCUT2D eigenvalue weighted by Gasteiger charge is -2.19. The lowest BCUT2D eigenvalue weighted by molar-refractivity contribution is -0.150. The molecule has 306 valence electrons. The Balaban J connectivity index is 0.000000202. The van der Waals surface area contributed by atoms with Crippen molar-refractivity contribution in [1.29, 1.82) is 0 Å². The zero-order chi connectivity index (χ0) is 41.9. The topological polar surface area (TPSA) is 88.1 Å². The number of hydrogen-bond acceptors (Lipinski definition) is 7. The van der Waals surface area contributed by atoms with Crippen molar-refractivity contribution in [2.75, 3.05) is 19.8 Å². The Labute approximate surface area is 359 Å². The van der Waals surface area contributed by atoms with Gasteiger partial charge in [-0.2, -0.15) is 0 Å². The molecule has 1 aliphatic rings. The lowest BCUT2D eigenvalue weighted by atomic mass is 9.89. The molecular formula is C51H50O7S2+2. The number of carbonyl (C=O) groups excluding carboxylic acids is 3. The van der Waals surface area contributed by atoms with Crippen LogP contribution in [-0.4, -0.2) is 37.7 Å². The van der Waals surface area contributed by atoms with Gasteiger partial charge in [0, 0.05) is 5.57 Å². The van der Waals surface area contributed by atoms with Crippen LogP contribution in [0.1, 0.15) is 39.0 Å². The fourth-order valence-corrected chi connectivity index (χ4v) is 10.7. The van der Waals surface area contributed by atoms with Crippen LogP contribution < -0.4 is 9.47 Å². The maximum absolute atomic E-state index is 12.1. The molecule has 1 aliphatic carbocycles. The van der Waals surface area contributed by atoms with Gasteiger partial charge in [0.1, 0.15) is 24.7 Å². The van der Waals surface area contributed by atoms with Crippen molar-refractivity contribution in [1.82, 2.24) is 0 Å². The normalized spacial score (nSPS) is 12.4. The summed E-state index contributed by atoms with van der Waals surface area (Å²) in [6.45, 7) is 5.21. The second kappa shape index (κ2) is 22.9. The number of rotatable bonds is 15. The Morgan fingerprint density at radius 2 is 0.917 bits per heavy atom. The standard InChI is InChI=1S/C27H29O3S.C24H21O4S/c28-27(22-10-4-1-5-11-22)30-21-20-29-23-16-18-26(19-17-23)31(24-12-6-2-7-13-24)25-14-8-3-9-15-25;1-18(2)24(26)27-17-23(25)28-19-13-15-22(16-14-19)29(20-9-5-3-6-10-20)21-11-7-4-8-12-21/h2-3,6-9,12-19,22H,1,4-5,10-11,20-21H2;3-16H,1,17H2,2H3/q2*+1. The number of benzene rings is 6. The summed E-state index contributed by atoms with van der Waals surface area (Å²) in [7, 11) is -0.434. The summed E-state index contributed by atoms with van der Waals surface area (Å²) in [6.07, 6.45) is 5.43. The van der Waals surface area contributed by atoms with E-state index in [0.717, 1.165) is 36.3 Å². The van der Waals surface area contributed by atoms with Crippen molar-refractivity contribution in [3.8, 4) is 11.5 Å². The molecule has 0 saturated heterocycles. The molecule has 0 atom stereocenters. The molecule has 0 radical (unpaired) electrons. The van der Waals surface area contributed by atoms with Gasteiger partial charge in [-0.25, -0.2) is 9.59 Å². The Morgan fingerprint density at radius 3 is 1.33 bits per heavy atom. The Morgan fingerprint density at radius 1 is 0.517 bits per heavy atom. The molecule has 0 aliphatic heterocycles. The van der Waals surface area contributed by atoms with E-state index in [0.29, 0.717) is 19.0 Å². The fraction of sp³-hybridized carbons (Fsp3) is 0.196. The summed E-state index contributed by atoms with van der Waals surface area (Å²) < 4.78 is 21.3. The molecule has 6 aromatic carbocycles. The second-order valence-electron chi connectivity index (χ2n) is 14.0. The highest BCUT2D eigenvalue weighted by molar-refractivity contribution is 7.97. The third kappa shape index (κ3) is 13.0. The zero-order valence-corrected chi connectivity index (χ0v) is 35.4. The predicted molar refractivity (Wildman–Crippen MR) is 237 cm³/mol. The maximum Gasteiger partial charge on any atom is 0.349 e. The molecule has 9 heteroatoms. The molecular weight excluding hydrogens is 789 g/mol. The van der Waals surface area contributed by atoms with Crippen LogP contribution >= 0.6 is 0 Å². The van der Waals surface area contributed by atoms with Crippen LogP contribution in [0, 0.1) is 5.92 Å². The van der Waals surface area contributed by atoms with Crippen LogP contribution in [0.3, 0.4) is 0 Å². The molecule has 0 unspecified atom stereocenters. The first kappa shape index (κ1) is 43.5. The first-order valence-electron chi connectivity index (χ1n) is 20.1. The first-order valence-corrected chi connectivity index (χ1v) is 22.5. The largest absolute Gasteiger partial charge is 0.490 e. The molecule has 0 spiro atoms. The van der Waals surface area contributed by atoms with E-state index in [1.165, 1.54) is 37.8 Å². The number of esters is 3. The van der Waals surface area contributed by atoms with E-state index < -0.39 is 18.5 Å². The second-order valence-corrected chi connectivity index (χ2v) is 18.0. The van der Waals surface area contributed by atoms with Gasteiger partial charge in [0.25, 0.3) is 0 Å². The summed E-state index contributed by atoms with van der Waals surface area (Å²) in [4.78, 5) is 42.7. The minimum absolute atomic E-state index is 0.0617. The van der Waals surface area contributed by atoms with Crippen molar-refractivity contribution < 1.29 is 33.3 Å². The summed E-state index contributed by atoms with van der Waals surface area (Å²) in [5, 5.41) is 0. The minimum Gasteiger partial charge on any atom is -0.490 e. The van der Waals surface area contributed by atoms with Gasteiger partial charge in [0.2, 0.25) is 0 Å². The van der Waals surface area contributed by atoms with Crippen LogP contribution in [0.2, 0.25) is 0 Å². The Bertz CT molecular complexity index is 2170. The lowest BCUT2D eigenvalue weighted by Crippen LogP contribution is -2.22. The minimum atomic E-state index is -0.641.